The number of carboxylic acids is 1. The van der Waals surface area contributed by atoms with Gasteiger partial charge in [-0.05, 0) is 40.5 Å². The van der Waals surface area contributed by atoms with Gasteiger partial charge in [-0.1, -0.05) is 0 Å². The molecule has 7 nitrogen and oxygen atoms in total. The van der Waals surface area contributed by atoms with Gasteiger partial charge in [-0.2, -0.15) is 0 Å². The molecule has 3 N–H and O–H groups in total. The second-order valence-electron chi connectivity index (χ2n) is 5.52. The number of aliphatic hydroxyl groups is 1. The first-order valence-corrected chi connectivity index (χ1v) is 6.60. The maximum Gasteiger partial charge on any atom is 0.407 e. The molecule has 7 heteroatoms. The zero-order chi connectivity index (χ0) is 15.8. The van der Waals surface area contributed by atoms with Crippen molar-refractivity contribution in [2.45, 2.75) is 58.3 Å². The topological polar surface area (TPSA) is 105 Å². The zero-order valence-electron chi connectivity index (χ0n) is 12.5. The van der Waals surface area contributed by atoms with Crippen LogP contribution in [0.4, 0.5) is 4.79 Å². The SMILES string of the molecule is C[C@H](OC[C@H](CCCO)NC(=O)OC(C)(C)C)C(=O)O. The van der Waals surface area contributed by atoms with Crippen LogP contribution in [0.1, 0.15) is 40.5 Å². The lowest BCUT2D eigenvalue weighted by Gasteiger charge is -2.24. The van der Waals surface area contributed by atoms with Crippen molar-refractivity contribution in [2.24, 2.45) is 0 Å². The van der Waals surface area contributed by atoms with Crippen LogP contribution in [-0.4, -0.2) is 53.2 Å². The smallest absolute Gasteiger partial charge is 0.407 e. The summed E-state index contributed by atoms with van der Waals surface area (Å²) in [4.78, 5) is 22.3. The molecule has 0 bridgehead atoms. The molecule has 0 radical (unpaired) electrons. The average Bonchev–Trinajstić information content (AvgIpc) is 2.29. The number of nitrogens with one attached hydrogen (secondary N) is 1. The Balaban J connectivity index is 4.33. The molecule has 0 aliphatic heterocycles. The van der Waals surface area contributed by atoms with E-state index in [1.807, 2.05) is 0 Å². The van der Waals surface area contributed by atoms with E-state index in [0.29, 0.717) is 12.8 Å². The maximum atomic E-state index is 11.6. The normalized spacial score (nSPS) is 14.4. The molecule has 0 saturated carbocycles. The van der Waals surface area contributed by atoms with Gasteiger partial charge in [-0.25, -0.2) is 9.59 Å². The Morgan fingerprint density at radius 1 is 1.30 bits per heavy atom. The van der Waals surface area contributed by atoms with Crippen LogP contribution in [0.15, 0.2) is 0 Å². The van der Waals surface area contributed by atoms with E-state index in [9.17, 15) is 9.59 Å². The Bertz CT molecular complexity index is 312. The number of amides is 1. The Morgan fingerprint density at radius 2 is 1.90 bits per heavy atom. The van der Waals surface area contributed by atoms with Gasteiger partial charge in [0.25, 0.3) is 0 Å². The standard InChI is InChI=1S/C13H25NO6/c1-9(11(16)17)19-8-10(6-5-7-15)14-12(18)20-13(2,3)4/h9-10,15H,5-8H2,1-4H3,(H,14,18)(H,16,17)/t9-,10-/m0/s1. The zero-order valence-corrected chi connectivity index (χ0v) is 12.5. The molecule has 0 unspecified atom stereocenters. The first-order valence-electron chi connectivity index (χ1n) is 6.60. The molecular formula is C13H25NO6. The fourth-order valence-electron chi connectivity index (χ4n) is 1.34. The molecule has 0 fully saturated rings. The van der Waals surface area contributed by atoms with E-state index in [0.717, 1.165) is 0 Å². The van der Waals surface area contributed by atoms with Crippen molar-refractivity contribution < 1.29 is 29.3 Å². The second kappa shape index (κ2) is 8.76. The Morgan fingerprint density at radius 3 is 2.35 bits per heavy atom. The summed E-state index contributed by atoms with van der Waals surface area (Å²) in [6.45, 7) is 6.70. The molecule has 2 atom stereocenters. The van der Waals surface area contributed by atoms with Gasteiger partial charge in [0.05, 0.1) is 12.6 Å². The second-order valence-corrected chi connectivity index (χ2v) is 5.52. The van der Waals surface area contributed by atoms with Gasteiger partial charge in [0, 0.05) is 6.61 Å². The van der Waals surface area contributed by atoms with E-state index in [4.69, 9.17) is 19.7 Å². The van der Waals surface area contributed by atoms with Gasteiger partial charge in [0.15, 0.2) is 6.10 Å². The number of carbonyl (C=O) groups excluding carboxylic acids is 1. The van der Waals surface area contributed by atoms with Crippen molar-refractivity contribution in [2.75, 3.05) is 13.2 Å². The van der Waals surface area contributed by atoms with Gasteiger partial charge in [-0.15, -0.1) is 0 Å². The number of hydrogen-bond donors (Lipinski definition) is 3. The van der Waals surface area contributed by atoms with E-state index >= 15 is 0 Å². The lowest BCUT2D eigenvalue weighted by atomic mass is 10.1. The monoisotopic (exact) mass is 291 g/mol. The lowest BCUT2D eigenvalue weighted by Crippen LogP contribution is -2.42. The summed E-state index contributed by atoms with van der Waals surface area (Å²) in [7, 11) is 0. The number of alkyl carbamates (subject to hydrolysis) is 1. The highest BCUT2D eigenvalue weighted by atomic mass is 16.6. The molecule has 20 heavy (non-hydrogen) atoms. The molecule has 0 aliphatic carbocycles. The quantitative estimate of drug-likeness (QED) is 0.619. The number of carbonyl (C=O) groups is 2. The van der Waals surface area contributed by atoms with Crippen LogP contribution in [0.5, 0.6) is 0 Å². The summed E-state index contributed by atoms with van der Waals surface area (Å²) in [5.41, 5.74) is -0.610. The summed E-state index contributed by atoms with van der Waals surface area (Å²) in [6, 6.07) is -0.404. The van der Waals surface area contributed by atoms with E-state index in [-0.39, 0.29) is 13.2 Å². The van der Waals surface area contributed by atoms with Crippen LogP contribution in [-0.2, 0) is 14.3 Å². The van der Waals surface area contributed by atoms with Gasteiger partial charge < -0.3 is 25.0 Å². The maximum absolute atomic E-state index is 11.6. The van der Waals surface area contributed by atoms with Crippen LogP contribution in [0.25, 0.3) is 0 Å². The number of aliphatic carboxylic acids is 1. The molecule has 0 aromatic carbocycles. The third-order valence-corrected chi connectivity index (χ3v) is 2.33. The summed E-state index contributed by atoms with van der Waals surface area (Å²) in [6.07, 6.45) is -0.591. The van der Waals surface area contributed by atoms with Gasteiger partial charge in [0.2, 0.25) is 0 Å². The van der Waals surface area contributed by atoms with Crippen molar-refractivity contribution in [3.63, 3.8) is 0 Å². The van der Waals surface area contributed by atoms with E-state index in [1.54, 1.807) is 20.8 Å². The van der Waals surface area contributed by atoms with E-state index in [2.05, 4.69) is 5.32 Å². The number of aliphatic hydroxyl groups excluding tert-OH is 1. The molecule has 0 saturated heterocycles. The van der Waals surface area contributed by atoms with Gasteiger partial charge >= 0.3 is 12.1 Å². The first-order chi connectivity index (χ1) is 9.15. The minimum atomic E-state index is -1.07. The van der Waals surface area contributed by atoms with E-state index in [1.165, 1.54) is 6.92 Å². The number of rotatable bonds is 8. The fraction of sp³-hybridized carbons (Fsp3) is 0.846. The fourth-order valence-corrected chi connectivity index (χ4v) is 1.34. The van der Waals surface area contributed by atoms with Crippen molar-refractivity contribution in [1.82, 2.24) is 5.32 Å². The molecule has 0 rings (SSSR count). The minimum absolute atomic E-state index is 0.0129. The molecule has 118 valence electrons. The molecular weight excluding hydrogens is 266 g/mol. The van der Waals surface area contributed by atoms with E-state index < -0.39 is 29.8 Å². The number of carboxylic acid groups (broad SMARTS) is 1. The average molecular weight is 291 g/mol. The van der Waals surface area contributed by atoms with Crippen molar-refractivity contribution >= 4 is 12.1 Å². The van der Waals surface area contributed by atoms with Crippen molar-refractivity contribution in [1.29, 1.82) is 0 Å². The number of hydrogen-bond acceptors (Lipinski definition) is 5. The molecule has 0 aromatic rings. The van der Waals surface area contributed by atoms with Crippen LogP contribution >= 0.6 is 0 Å². The Hall–Kier alpha value is -1.34. The third-order valence-electron chi connectivity index (χ3n) is 2.33. The van der Waals surface area contributed by atoms with Crippen LogP contribution in [0, 0.1) is 0 Å². The largest absolute Gasteiger partial charge is 0.479 e. The number of ether oxygens (including phenoxy) is 2. The van der Waals surface area contributed by atoms with Crippen molar-refractivity contribution in [3.8, 4) is 0 Å². The van der Waals surface area contributed by atoms with Crippen LogP contribution < -0.4 is 5.32 Å². The first kappa shape index (κ1) is 18.7. The molecule has 1 amide bonds. The van der Waals surface area contributed by atoms with Gasteiger partial charge in [0.1, 0.15) is 5.60 Å². The molecule has 0 aromatic heterocycles. The Kier molecular flexibility index (Phi) is 8.17. The molecule has 0 heterocycles. The highest BCUT2D eigenvalue weighted by Crippen LogP contribution is 2.08. The van der Waals surface area contributed by atoms with Crippen molar-refractivity contribution in [3.05, 3.63) is 0 Å². The lowest BCUT2D eigenvalue weighted by molar-refractivity contribution is -0.149. The van der Waals surface area contributed by atoms with Crippen LogP contribution in [0.2, 0.25) is 0 Å². The van der Waals surface area contributed by atoms with Crippen LogP contribution in [0.3, 0.4) is 0 Å². The third kappa shape index (κ3) is 9.57. The minimum Gasteiger partial charge on any atom is -0.479 e. The molecule has 0 aliphatic rings. The Labute approximate surface area is 119 Å². The van der Waals surface area contributed by atoms with Gasteiger partial charge in [-0.3, -0.25) is 0 Å². The molecule has 0 spiro atoms. The highest BCUT2D eigenvalue weighted by Gasteiger charge is 2.21. The predicted octanol–water partition coefficient (Wildman–Crippen LogP) is 1.14. The highest BCUT2D eigenvalue weighted by molar-refractivity contribution is 5.71. The summed E-state index contributed by atoms with van der Waals surface area (Å²) >= 11 is 0. The summed E-state index contributed by atoms with van der Waals surface area (Å²) in [5.74, 6) is -1.07. The summed E-state index contributed by atoms with van der Waals surface area (Å²) < 4.78 is 10.3. The summed E-state index contributed by atoms with van der Waals surface area (Å²) in [5, 5.41) is 20.2. The predicted molar refractivity (Wildman–Crippen MR) is 72.5 cm³/mol.